The van der Waals surface area contributed by atoms with Crippen LogP contribution in [0.4, 0.5) is 0 Å². The molecule has 1 aliphatic rings. The fourth-order valence-electron chi connectivity index (χ4n) is 4.27. The lowest BCUT2D eigenvalue weighted by molar-refractivity contribution is -0.905. The number of H-pyrrole nitrogens is 1. The van der Waals surface area contributed by atoms with Crippen LogP contribution in [0.1, 0.15) is 18.5 Å². The molecule has 4 rings (SSSR count). The molecule has 3 aromatic rings. The molecule has 5 N–H and O–H groups in total. The Kier molecular flexibility index (Phi) is 6.67. The third-order valence-electron chi connectivity index (χ3n) is 6.12. The molecule has 32 heavy (non-hydrogen) atoms. The number of phenols is 1. The largest absolute Gasteiger partial charge is 0.507 e. The number of likely N-dealkylation sites (tertiary alicyclic amines) is 1. The number of carbonyl (C=O) groups is 1. The van der Waals surface area contributed by atoms with E-state index < -0.39 is 0 Å². The number of phenolic OH excluding ortho intramolecular Hbond substituents is 1. The number of piperidine rings is 1. The Morgan fingerprint density at radius 1 is 1.25 bits per heavy atom. The first-order valence-corrected chi connectivity index (χ1v) is 11.2. The van der Waals surface area contributed by atoms with E-state index in [9.17, 15) is 9.90 Å². The molecule has 0 radical (unpaired) electrons. The number of hydrogen-bond acceptors (Lipinski definition) is 4. The number of nitrogens with one attached hydrogen (secondary N) is 2. The van der Waals surface area contributed by atoms with Crippen molar-refractivity contribution in [2.75, 3.05) is 26.2 Å². The highest BCUT2D eigenvalue weighted by molar-refractivity contribution is 6.30. The Balaban J connectivity index is 1.41. The smallest absolute Gasteiger partial charge is 0.220 e. The minimum Gasteiger partial charge on any atom is -0.507 e. The number of quaternary nitrogens is 1. The maximum Gasteiger partial charge on any atom is 0.220 e. The average Bonchev–Trinajstić information content (AvgIpc) is 3.16. The van der Waals surface area contributed by atoms with Gasteiger partial charge < -0.3 is 20.5 Å². The van der Waals surface area contributed by atoms with Crippen LogP contribution < -0.4 is 15.4 Å². The zero-order valence-corrected chi connectivity index (χ0v) is 18.8. The van der Waals surface area contributed by atoms with E-state index in [4.69, 9.17) is 22.1 Å². The topological polar surface area (TPSA) is 106 Å². The average molecular weight is 456 g/mol. The van der Waals surface area contributed by atoms with E-state index in [0.717, 1.165) is 49.3 Å². The van der Waals surface area contributed by atoms with Gasteiger partial charge in [0.05, 0.1) is 13.1 Å². The molecule has 8 heteroatoms. The number of ether oxygens (including phenoxy) is 1. The molecule has 7 nitrogen and oxygen atoms in total. The van der Waals surface area contributed by atoms with Crippen LogP contribution in [0.2, 0.25) is 5.02 Å². The highest BCUT2D eigenvalue weighted by Gasteiger charge is 2.25. The second-order valence-electron chi connectivity index (χ2n) is 8.28. The van der Waals surface area contributed by atoms with Crippen molar-refractivity contribution < 1.29 is 19.5 Å². The van der Waals surface area contributed by atoms with E-state index in [0.29, 0.717) is 28.6 Å². The van der Waals surface area contributed by atoms with Crippen molar-refractivity contribution in [3.05, 3.63) is 53.2 Å². The maximum atomic E-state index is 11.3. The lowest BCUT2D eigenvalue weighted by Crippen LogP contribution is -3.13. The molecule has 1 aliphatic heterocycles. The maximum absolute atomic E-state index is 11.3. The number of nitrogens with two attached hydrogens (primary N) is 1. The number of benzene rings is 2. The van der Waals surface area contributed by atoms with E-state index in [1.54, 1.807) is 6.07 Å². The molecule has 0 aliphatic carbocycles. The van der Waals surface area contributed by atoms with Crippen LogP contribution in [0.3, 0.4) is 0 Å². The van der Waals surface area contributed by atoms with Crippen LogP contribution in [0.5, 0.6) is 11.5 Å². The van der Waals surface area contributed by atoms with Crippen LogP contribution in [-0.4, -0.2) is 47.5 Å². The fourth-order valence-corrected chi connectivity index (χ4v) is 4.40. The number of halogens is 1. The number of primary amides is 1. The summed E-state index contributed by atoms with van der Waals surface area (Å²) in [5.74, 6) is 0.534. The number of aryl methyl sites for hydroxylation is 1. The summed E-state index contributed by atoms with van der Waals surface area (Å²) < 4.78 is 5.87. The molecular formula is C24H28ClN4O3+. The van der Waals surface area contributed by atoms with Crippen LogP contribution in [-0.2, 0) is 4.79 Å². The lowest BCUT2D eigenvalue weighted by Gasteiger charge is -2.27. The van der Waals surface area contributed by atoms with Crippen LogP contribution in [0, 0.1) is 12.8 Å². The molecule has 2 heterocycles. The number of aromatic nitrogens is 2. The molecular weight excluding hydrogens is 428 g/mol. The number of aromatic hydroxyl groups is 1. The quantitative estimate of drug-likeness (QED) is 0.439. The van der Waals surface area contributed by atoms with Crippen molar-refractivity contribution in [3.8, 4) is 33.9 Å². The van der Waals surface area contributed by atoms with Gasteiger partial charge in [0.1, 0.15) is 30.3 Å². The van der Waals surface area contributed by atoms with Crippen LogP contribution in [0.25, 0.3) is 22.4 Å². The monoisotopic (exact) mass is 455 g/mol. The van der Waals surface area contributed by atoms with Gasteiger partial charge in [-0.15, -0.1) is 0 Å². The number of aromatic amines is 1. The molecule has 0 saturated carbocycles. The van der Waals surface area contributed by atoms with Gasteiger partial charge in [0.2, 0.25) is 5.91 Å². The Labute approximate surface area is 192 Å². The summed E-state index contributed by atoms with van der Waals surface area (Å²) in [5.41, 5.74) is 9.51. The predicted molar refractivity (Wildman–Crippen MR) is 124 cm³/mol. The second kappa shape index (κ2) is 9.63. The summed E-state index contributed by atoms with van der Waals surface area (Å²) in [6, 6.07) is 12.8. The summed E-state index contributed by atoms with van der Waals surface area (Å²) in [4.78, 5) is 12.7. The Morgan fingerprint density at radius 3 is 2.62 bits per heavy atom. The summed E-state index contributed by atoms with van der Waals surface area (Å²) in [7, 11) is 0. The van der Waals surface area contributed by atoms with Crippen molar-refractivity contribution in [2.24, 2.45) is 11.7 Å². The van der Waals surface area contributed by atoms with Crippen molar-refractivity contribution in [1.29, 1.82) is 0 Å². The van der Waals surface area contributed by atoms with Crippen molar-refractivity contribution >= 4 is 17.5 Å². The fraction of sp³-hybridized carbons (Fsp3) is 0.333. The van der Waals surface area contributed by atoms with Gasteiger partial charge in [-0.1, -0.05) is 23.7 Å². The van der Waals surface area contributed by atoms with Crippen LogP contribution >= 0.6 is 11.6 Å². The molecule has 2 aromatic carbocycles. The minimum atomic E-state index is -0.192. The standard InChI is InChI=1S/C24H27ClN4O3/c1-15-22(16-2-4-18(25)5-3-16)23(28-27-15)20-7-6-19(14-21(20)30)32-13-12-29-10-8-17(9-11-29)24(26)31/h2-7,14,17,30H,8-13H2,1H3,(H2,26,31)(H,27,28)/p+1. The summed E-state index contributed by atoms with van der Waals surface area (Å²) in [5, 5.41) is 18.8. The molecule has 0 atom stereocenters. The summed E-state index contributed by atoms with van der Waals surface area (Å²) >= 11 is 6.02. The molecule has 1 saturated heterocycles. The predicted octanol–water partition coefficient (Wildman–Crippen LogP) is 2.57. The molecule has 1 fully saturated rings. The number of hydrogen-bond donors (Lipinski definition) is 4. The molecule has 168 valence electrons. The SMILES string of the molecule is Cc1[nH]nc(-c2ccc(OCC[NH+]3CCC(C(N)=O)CC3)cc2O)c1-c1ccc(Cl)cc1. The first-order chi connectivity index (χ1) is 15.4. The van der Waals surface area contributed by atoms with Gasteiger partial charge in [-0.25, -0.2) is 0 Å². The minimum absolute atomic E-state index is 0.00704. The summed E-state index contributed by atoms with van der Waals surface area (Å²) in [6.45, 7) is 5.17. The van der Waals surface area contributed by atoms with Gasteiger partial charge in [0, 0.05) is 46.7 Å². The Morgan fingerprint density at radius 2 is 1.97 bits per heavy atom. The number of amides is 1. The molecule has 0 bridgehead atoms. The van der Waals surface area contributed by atoms with E-state index in [1.165, 1.54) is 4.90 Å². The van der Waals surface area contributed by atoms with Gasteiger partial charge in [-0.05, 0) is 36.8 Å². The third-order valence-corrected chi connectivity index (χ3v) is 6.38. The highest BCUT2D eigenvalue weighted by atomic mass is 35.5. The number of carbonyl (C=O) groups excluding carboxylic acids is 1. The van der Waals surface area contributed by atoms with E-state index in [1.807, 2.05) is 43.3 Å². The molecule has 1 aromatic heterocycles. The van der Waals surface area contributed by atoms with Gasteiger partial charge in [-0.3, -0.25) is 9.89 Å². The molecule has 1 amide bonds. The van der Waals surface area contributed by atoms with Gasteiger partial charge in [-0.2, -0.15) is 5.10 Å². The van der Waals surface area contributed by atoms with E-state index in [2.05, 4.69) is 10.2 Å². The Hall–Kier alpha value is -3.03. The highest BCUT2D eigenvalue weighted by Crippen LogP contribution is 2.38. The van der Waals surface area contributed by atoms with E-state index >= 15 is 0 Å². The van der Waals surface area contributed by atoms with Crippen molar-refractivity contribution in [3.63, 3.8) is 0 Å². The first-order valence-electron chi connectivity index (χ1n) is 10.8. The second-order valence-corrected chi connectivity index (χ2v) is 8.72. The molecule has 0 spiro atoms. The normalized spacial score (nSPS) is 18.4. The third kappa shape index (κ3) is 4.89. The zero-order valence-electron chi connectivity index (χ0n) is 18.0. The summed E-state index contributed by atoms with van der Waals surface area (Å²) in [6.07, 6.45) is 1.67. The Bertz CT molecular complexity index is 1090. The van der Waals surface area contributed by atoms with Crippen molar-refractivity contribution in [1.82, 2.24) is 10.2 Å². The number of rotatable bonds is 7. The van der Waals surface area contributed by atoms with Crippen molar-refractivity contribution in [2.45, 2.75) is 19.8 Å². The van der Waals surface area contributed by atoms with Gasteiger partial charge in [0.15, 0.2) is 0 Å². The first kappa shape index (κ1) is 22.2. The zero-order chi connectivity index (χ0) is 22.7. The molecule has 0 unspecified atom stereocenters. The van der Waals surface area contributed by atoms with Crippen LogP contribution in [0.15, 0.2) is 42.5 Å². The number of nitrogens with zero attached hydrogens (tertiary/aromatic N) is 1. The van der Waals surface area contributed by atoms with Gasteiger partial charge in [0.25, 0.3) is 0 Å². The lowest BCUT2D eigenvalue weighted by atomic mass is 9.96. The van der Waals surface area contributed by atoms with E-state index in [-0.39, 0.29) is 17.6 Å². The van der Waals surface area contributed by atoms with Gasteiger partial charge >= 0.3 is 0 Å².